The molecule has 0 radical (unpaired) electrons. The van der Waals surface area contributed by atoms with Gasteiger partial charge in [0.05, 0.1) is 20.2 Å². The Morgan fingerprint density at radius 3 is 2.06 bits per heavy atom. The maximum atomic E-state index is 12.3. The van der Waals surface area contributed by atoms with Gasteiger partial charge in [0, 0.05) is 11.4 Å². The predicted octanol–water partition coefficient (Wildman–Crippen LogP) is 0.910. The van der Waals surface area contributed by atoms with Gasteiger partial charge in [-0.25, -0.2) is 0 Å². The van der Waals surface area contributed by atoms with Crippen molar-refractivity contribution in [3.05, 3.63) is 53.6 Å². The third kappa shape index (κ3) is 7.75. The summed E-state index contributed by atoms with van der Waals surface area (Å²) in [5.74, 6) is -0.0634. The summed E-state index contributed by atoms with van der Waals surface area (Å²) in [5, 5.41) is 8.27. The van der Waals surface area contributed by atoms with Gasteiger partial charge in [0.25, 0.3) is 11.8 Å². The second-order valence-electron chi connectivity index (χ2n) is 7.33. The van der Waals surface area contributed by atoms with E-state index >= 15 is 0 Å². The number of methoxy groups -OCH3 is 1. The molecule has 0 saturated heterocycles. The molecule has 8 nitrogen and oxygen atoms in total. The Bertz CT molecular complexity index is 892. The Balaban J connectivity index is 1.78. The van der Waals surface area contributed by atoms with Gasteiger partial charge in [-0.3, -0.25) is 14.4 Å². The molecule has 2 aromatic rings. The molecule has 0 aliphatic heterocycles. The predicted molar refractivity (Wildman–Crippen MR) is 120 cm³/mol. The zero-order valence-corrected chi connectivity index (χ0v) is 18.5. The van der Waals surface area contributed by atoms with Crippen molar-refractivity contribution in [1.82, 2.24) is 5.32 Å². The zero-order chi connectivity index (χ0) is 22.8. The number of benzene rings is 2. The number of para-hydroxylation sites is 1. The van der Waals surface area contributed by atoms with Crippen LogP contribution in [0.3, 0.4) is 0 Å². The number of amides is 3. The molecule has 0 bridgehead atoms. The number of aryl methyl sites for hydroxylation is 2. The number of rotatable bonds is 10. The standard InChI is InChI=1S/C23H30N4O4/c1-5-27(15-22(30)25-18-9-11-19(31-4)12-10-18)14-21(29)24-13-20(28)26-23-16(2)7-6-8-17(23)3/h6-12H,5,13-15H2,1-4H3,(H,24,29)(H,25,30)(H,26,28)/p+1. The van der Waals surface area contributed by atoms with Crippen LogP contribution in [0.4, 0.5) is 11.4 Å². The highest BCUT2D eigenvalue weighted by Gasteiger charge is 2.17. The number of ether oxygens (including phenoxy) is 1. The SMILES string of the molecule is CC[NH+](CC(=O)NCC(=O)Nc1c(C)cccc1C)CC(=O)Nc1ccc(OC)cc1. The molecule has 31 heavy (non-hydrogen) atoms. The van der Waals surface area contributed by atoms with Crippen molar-refractivity contribution in [1.29, 1.82) is 0 Å². The molecule has 0 spiro atoms. The Labute approximate surface area is 183 Å². The van der Waals surface area contributed by atoms with Crippen LogP contribution in [0.25, 0.3) is 0 Å². The Morgan fingerprint density at radius 2 is 1.48 bits per heavy atom. The van der Waals surface area contributed by atoms with Crippen LogP contribution in [0.2, 0.25) is 0 Å². The van der Waals surface area contributed by atoms with E-state index in [1.165, 1.54) is 0 Å². The van der Waals surface area contributed by atoms with E-state index in [1.807, 2.05) is 39.0 Å². The molecule has 0 fully saturated rings. The summed E-state index contributed by atoms with van der Waals surface area (Å²) in [6.45, 7) is 6.45. The molecule has 0 aliphatic carbocycles. The highest BCUT2D eigenvalue weighted by molar-refractivity contribution is 5.96. The van der Waals surface area contributed by atoms with E-state index in [0.717, 1.165) is 21.7 Å². The molecular weight excluding hydrogens is 396 g/mol. The van der Waals surface area contributed by atoms with Gasteiger partial charge in [0.2, 0.25) is 5.91 Å². The lowest BCUT2D eigenvalue weighted by Crippen LogP contribution is -3.14. The number of quaternary nitrogens is 1. The Hall–Kier alpha value is -3.39. The van der Waals surface area contributed by atoms with Gasteiger partial charge in [-0.2, -0.15) is 0 Å². The van der Waals surface area contributed by atoms with E-state index in [1.54, 1.807) is 31.4 Å². The third-order valence-electron chi connectivity index (χ3n) is 4.89. The smallest absolute Gasteiger partial charge is 0.279 e. The van der Waals surface area contributed by atoms with E-state index in [2.05, 4.69) is 16.0 Å². The summed E-state index contributed by atoms with van der Waals surface area (Å²) in [4.78, 5) is 37.5. The molecule has 3 amide bonds. The fourth-order valence-corrected chi connectivity index (χ4v) is 3.08. The fraction of sp³-hybridized carbons (Fsp3) is 0.348. The first-order valence-corrected chi connectivity index (χ1v) is 10.2. The van der Waals surface area contributed by atoms with Crippen molar-refractivity contribution in [2.24, 2.45) is 0 Å². The topological polar surface area (TPSA) is 101 Å². The minimum Gasteiger partial charge on any atom is -0.497 e. The second-order valence-corrected chi connectivity index (χ2v) is 7.33. The summed E-state index contributed by atoms with van der Waals surface area (Å²) in [6, 6.07) is 12.8. The molecule has 2 aromatic carbocycles. The van der Waals surface area contributed by atoms with Gasteiger partial charge >= 0.3 is 0 Å². The highest BCUT2D eigenvalue weighted by Crippen LogP contribution is 2.19. The lowest BCUT2D eigenvalue weighted by atomic mass is 10.1. The molecular formula is C23H31N4O4+. The van der Waals surface area contributed by atoms with Crippen LogP contribution in [0, 0.1) is 13.8 Å². The minimum absolute atomic E-state index is 0.100. The van der Waals surface area contributed by atoms with Crippen LogP contribution in [-0.2, 0) is 14.4 Å². The van der Waals surface area contributed by atoms with Gasteiger partial charge in [0.15, 0.2) is 13.1 Å². The van der Waals surface area contributed by atoms with E-state index in [4.69, 9.17) is 4.74 Å². The maximum Gasteiger partial charge on any atom is 0.279 e. The monoisotopic (exact) mass is 427 g/mol. The minimum atomic E-state index is -0.291. The number of carbonyl (C=O) groups is 3. The van der Waals surface area contributed by atoms with Gasteiger partial charge in [-0.15, -0.1) is 0 Å². The molecule has 1 atom stereocenters. The second kappa shape index (κ2) is 11.7. The van der Waals surface area contributed by atoms with Crippen LogP contribution >= 0.6 is 0 Å². The number of likely N-dealkylation sites (N-methyl/N-ethyl adjacent to an activating group) is 1. The maximum absolute atomic E-state index is 12.3. The highest BCUT2D eigenvalue weighted by atomic mass is 16.5. The summed E-state index contributed by atoms with van der Waals surface area (Å²) < 4.78 is 5.09. The quantitative estimate of drug-likeness (QED) is 0.453. The van der Waals surface area contributed by atoms with Crippen molar-refractivity contribution in [2.45, 2.75) is 20.8 Å². The summed E-state index contributed by atoms with van der Waals surface area (Å²) >= 11 is 0. The van der Waals surface area contributed by atoms with E-state index in [-0.39, 0.29) is 37.4 Å². The number of carbonyl (C=O) groups excluding carboxylic acids is 3. The van der Waals surface area contributed by atoms with Crippen LogP contribution < -0.4 is 25.6 Å². The van der Waals surface area contributed by atoms with Gasteiger partial charge < -0.3 is 25.6 Å². The molecule has 4 N–H and O–H groups in total. The summed E-state index contributed by atoms with van der Waals surface area (Å²) in [6.07, 6.45) is 0. The Morgan fingerprint density at radius 1 is 0.871 bits per heavy atom. The first-order chi connectivity index (χ1) is 14.8. The van der Waals surface area contributed by atoms with Crippen LogP contribution in [0.1, 0.15) is 18.1 Å². The lowest BCUT2D eigenvalue weighted by Gasteiger charge is -2.17. The van der Waals surface area contributed by atoms with Crippen LogP contribution in [-0.4, -0.2) is 51.0 Å². The van der Waals surface area contributed by atoms with Gasteiger partial charge in [0.1, 0.15) is 5.75 Å². The molecule has 0 saturated carbocycles. The van der Waals surface area contributed by atoms with Crippen molar-refractivity contribution >= 4 is 29.1 Å². The molecule has 1 unspecified atom stereocenters. The molecule has 0 aromatic heterocycles. The fourth-order valence-electron chi connectivity index (χ4n) is 3.08. The van der Waals surface area contributed by atoms with E-state index < -0.39 is 0 Å². The van der Waals surface area contributed by atoms with Crippen LogP contribution in [0.15, 0.2) is 42.5 Å². The van der Waals surface area contributed by atoms with E-state index in [9.17, 15) is 14.4 Å². The van der Waals surface area contributed by atoms with Gasteiger partial charge in [-0.1, -0.05) is 18.2 Å². The van der Waals surface area contributed by atoms with Crippen molar-refractivity contribution in [3.8, 4) is 5.75 Å². The number of nitrogens with one attached hydrogen (secondary N) is 4. The molecule has 0 heterocycles. The number of hydrogen-bond donors (Lipinski definition) is 4. The van der Waals surface area contributed by atoms with E-state index in [0.29, 0.717) is 18.0 Å². The number of hydrogen-bond acceptors (Lipinski definition) is 4. The third-order valence-corrected chi connectivity index (χ3v) is 4.89. The average Bonchev–Trinajstić information content (AvgIpc) is 2.75. The molecule has 8 heteroatoms. The first-order valence-electron chi connectivity index (χ1n) is 10.2. The molecule has 2 rings (SSSR count). The first kappa shape index (κ1) is 23.9. The lowest BCUT2D eigenvalue weighted by molar-refractivity contribution is -0.881. The van der Waals surface area contributed by atoms with Gasteiger partial charge in [-0.05, 0) is 56.2 Å². The normalized spacial score (nSPS) is 11.4. The van der Waals surface area contributed by atoms with Crippen molar-refractivity contribution in [2.75, 3.05) is 43.9 Å². The molecule has 166 valence electrons. The molecule has 0 aliphatic rings. The zero-order valence-electron chi connectivity index (χ0n) is 18.5. The average molecular weight is 428 g/mol. The summed E-state index contributed by atoms with van der Waals surface area (Å²) in [5.41, 5.74) is 3.35. The van der Waals surface area contributed by atoms with Crippen molar-refractivity contribution < 1.29 is 24.0 Å². The largest absolute Gasteiger partial charge is 0.497 e. The summed E-state index contributed by atoms with van der Waals surface area (Å²) in [7, 11) is 1.58. The Kier molecular flexibility index (Phi) is 9.02. The van der Waals surface area contributed by atoms with Crippen LogP contribution in [0.5, 0.6) is 5.75 Å². The number of anilines is 2. The van der Waals surface area contributed by atoms with Crippen molar-refractivity contribution in [3.63, 3.8) is 0 Å².